The molecule has 7 aromatic rings. The summed E-state index contributed by atoms with van der Waals surface area (Å²) >= 11 is 1.77. The van der Waals surface area contributed by atoms with Crippen molar-refractivity contribution in [2.45, 2.75) is 20.0 Å². The minimum Gasteiger partial charge on any atom is -0.352 e. The number of nitrogens with zero attached hydrogens (tertiary/aromatic N) is 4. The second-order valence-electron chi connectivity index (χ2n) is 9.61. The van der Waals surface area contributed by atoms with Crippen molar-refractivity contribution in [1.29, 1.82) is 0 Å². The maximum Gasteiger partial charge on any atom is 0.181 e. The summed E-state index contributed by atoms with van der Waals surface area (Å²) in [6.07, 6.45) is 9.45. The first-order valence-electron chi connectivity index (χ1n) is 12.8. The van der Waals surface area contributed by atoms with Crippen LogP contribution in [0.3, 0.4) is 0 Å². The first-order chi connectivity index (χ1) is 19.2. The Morgan fingerprint density at radius 1 is 0.795 bits per heavy atom. The average Bonchev–Trinajstić information content (AvgIpc) is 3.71. The van der Waals surface area contributed by atoms with E-state index >= 15 is 0 Å². The molecule has 0 spiro atoms. The van der Waals surface area contributed by atoms with Crippen molar-refractivity contribution >= 4 is 33.3 Å². The zero-order chi connectivity index (χ0) is 26.2. The Labute approximate surface area is 229 Å². The predicted octanol–water partition coefficient (Wildman–Crippen LogP) is 6.89. The van der Waals surface area contributed by atoms with Crippen molar-refractivity contribution in [3.05, 3.63) is 108 Å². The van der Waals surface area contributed by atoms with E-state index in [0.717, 1.165) is 63.0 Å². The number of fused-ring (bicyclic) bond motifs is 2. The van der Waals surface area contributed by atoms with Crippen LogP contribution in [0.25, 0.3) is 54.9 Å². The summed E-state index contributed by atoms with van der Waals surface area (Å²) in [5, 5.41) is 13.3. The van der Waals surface area contributed by atoms with E-state index in [0.29, 0.717) is 5.65 Å². The molecule has 0 aliphatic rings. The molecular formula is C31H25N7S. The van der Waals surface area contributed by atoms with E-state index in [9.17, 15) is 0 Å². The maximum atomic E-state index is 4.65. The van der Waals surface area contributed by atoms with Crippen LogP contribution < -0.4 is 5.32 Å². The van der Waals surface area contributed by atoms with E-state index in [2.05, 4.69) is 97.0 Å². The lowest BCUT2D eigenvalue weighted by atomic mass is 10.1. The number of thiophene rings is 1. The summed E-state index contributed by atoms with van der Waals surface area (Å²) < 4.78 is 0. The molecule has 8 heteroatoms. The van der Waals surface area contributed by atoms with Crippen LogP contribution in [0.2, 0.25) is 0 Å². The molecule has 7 nitrogen and oxygen atoms in total. The minimum atomic E-state index is 0.674. The molecule has 190 valence electrons. The number of H-pyrrole nitrogens is 2. The van der Waals surface area contributed by atoms with Gasteiger partial charge in [-0.1, -0.05) is 30.3 Å². The summed E-state index contributed by atoms with van der Waals surface area (Å²) in [7, 11) is 0. The molecule has 0 saturated heterocycles. The van der Waals surface area contributed by atoms with Crippen LogP contribution >= 0.6 is 11.3 Å². The molecule has 1 aromatic carbocycles. The summed E-state index contributed by atoms with van der Waals surface area (Å²) in [5.41, 5.74) is 9.03. The number of rotatable bonds is 7. The molecule has 0 unspecified atom stereocenters. The van der Waals surface area contributed by atoms with Crippen LogP contribution in [-0.2, 0) is 13.1 Å². The Kier molecular flexibility index (Phi) is 5.96. The number of aromatic nitrogens is 6. The third kappa shape index (κ3) is 4.60. The number of hydrogen-bond acceptors (Lipinski definition) is 6. The van der Waals surface area contributed by atoms with Gasteiger partial charge in [0, 0.05) is 75.1 Å². The number of benzene rings is 1. The van der Waals surface area contributed by atoms with Crippen molar-refractivity contribution < 1.29 is 0 Å². The van der Waals surface area contributed by atoms with Gasteiger partial charge in [-0.2, -0.15) is 5.10 Å². The molecule has 0 amide bonds. The van der Waals surface area contributed by atoms with Crippen LogP contribution in [-0.4, -0.2) is 30.1 Å². The van der Waals surface area contributed by atoms with Gasteiger partial charge >= 0.3 is 0 Å². The lowest BCUT2D eigenvalue weighted by molar-refractivity contribution is 0.691. The normalized spacial score (nSPS) is 11.5. The summed E-state index contributed by atoms with van der Waals surface area (Å²) in [6, 6.07) is 21.2. The van der Waals surface area contributed by atoms with Gasteiger partial charge in [-0.05, 0) is 48.4 Å². The molecule has 0 radical (unpaired) electrons. The Morgan fingerprint density at radius 3 is 2.51 bits per heavy atom. The first kappa shape index (κ1) is 23.5. The van der Waals surface area contributed by atoms with Crippen LogP contribution in [0.4, 0.5) is 0 Å². The summed E-state index contributed by atoms with van der Waals surface area (Å²) in [4.78, 5) is 19.7. The molecule has 0 bridgehead atoms. The largest absolute Gasteiger partial charge is 0.352 e. The SMILES string of the molecule is Cc1ccc(-c2cncc3[nH]c(-c4[nH]nc5ncc(-c6cncc(CNCc7ccccc7)c6)cc45)cc23)s1. The molecule has 0 fully saturated rings. The molecule has 3 N–H and O–H groups in total. The monoisotopic (exact) mass is 527 g/mol. The van der Waals surface area contributed by atoms with Gasteiger partial charge in [0.25, 0.3) is 0 Å². The molecule has 0 atom stereocenters. The van der Waals surface area contributed by atoms with E-state index in [1.165, 1.54) is 15.3 Å². The van der Waals surface area contributed by atoms with Gasteiger partial charge in [0.05, 0.1) is 23.1 Å². The quantitative estimate of drug-likeness (QED) is 0.210. The molecule has 0 aliphatic carbocycles. The van der Waals surface area contributed by atoms with Gasteiger partial charge < -0.3 is 10.3 Å². The smallest absolute Gasteiger partial charge is 0.181 e. The average molecular weight is 528 g/mol. The third-order valence-electron chi connectivity index (χ3n) is 6.86. The minimum absolute atomic E-state index is 0.674. The van der Waals surface area contributed by atoms with Crippen LogP contribution in [0.5, 0.6) is 0 Å². The highest BCUT2D eigenvalue weighted by molar-refractivity contribution is 7.15. The van der Waals surface area contributed by atoms with Crippen molar-refractivity contribution in [3.63, 3.8) is 0 Å². The van der Waals surface area contributed by atoms with Crippen molar-refractivity contribution in [2.24, 2.45) is 0 Å². The number of nitrogens with one attached hydrogen (secondary N) is 3. The zero-order valence-electron chi connectivity index (χ0n) is 21.3. The molecule has 7 rings (SSSR count). The van der Waals surface area contributed by atoms with E-state index in [1.807, 2.05) is 37.1 Å². The van der Waals surface area contributed by atoms with Gasteiger partial charge in [-0.25, -0.2) is 4.98 Å². The fourth-order valence-corrected chi connectivity index (χ4v) is 5.81. The topological polar surface area (TPSA) is 95.2 Å². The zero-order valence-corrected chi connectivity index (χ0v) is 22.1. The molecule has 0 aliphatic heterocycles. The van der Waals surface area contributed by atoms with Crippen LogP contribution in [0, 0.1) is 6.92 Å². The van der Waals surface area contributed by atoms with E-state index in [4.69, 9.17) is 0 Å². The summed E-state index contributed by atoms with van der Waals surface area (Å²) in [6.45, 7) is 3.67. The number of pyridine rings is 3. The van der Waals surface area contributed by atoms with Gasteiger partial charge in [0.2, 0.25) is 0 Å². The van der Waals surface area contributed by atoms with Crippen molar-refractivity contribution in [1.82, 2.24) is 35.5 Å². The number of hydrogen-bond donors (Lipinski definition) is 3. The van der Waals surface area contributed by atoms with E-state index in [1.54, 1.807) is 11.3 Å². The second kappa shape index (κ2) is 9.90. The molecule has 6 aromatic heterocycles. The van der Waals surface area contributed by atoms with Crippen molar-refractivity contribution in [3.8, 4) is 33.0 Å². The molecule has 0 saturated carbocycles. The Hall–Kier alpha value is -4.66. The van der Waals surface area contributed by atoms with Crippen molar-refractivity contribution in [2.75, 3.05) is 0 Å². The number of aryl methyl sites for hydroxylation is 1. The lowest BCUT2D eigenvalue weighted by Crippen LogP contribution is -2.12. The second-order valence-corrected chi connectivity index (χ2v) is 10.9. The first-order valence-corrected chi connectivity index (χ1v) is 13.6. The Morgan fingerprint density at radius 2 is 1.64 bits per heavy atom. The van der Waals surface area contributed by atoms with Gasteiger partial charge in [-0.15, -0.1) is 11.3 Å². The molecular weight excluding hydrogens is 502 g/mol. The van der Waals surface area contributed by atoms with Gasteiger partial charge in [0.15, 0.2) is 5.65 Å². The van der Waals surface area contributed by atoms with Gasteiger partial charge in [0.1, 0.15) is 0 Å². The van der Waals surface area contributed by atoms with Crippen LogP contribution in [0.1, 0.15) is 16.0 Å². The Bertz CT molecular complexity index is 1920. The summed E-state index contributed by atoms with van der Waals surface area (Å²) in [5.74, 6) is 0. The molecule has 39 heavy (non-hydrogen) atoms. The Balaban J connectivity index is 1.20. The standard InChI is InChI=1S/C31H25N7S/c1-19-7-8-29(39-19)26-17-34-18-28-24(26)11-27(36-28)30-25-10-23(16-35-31(25)38-37-30)22-9-21(14-33-15-22)13-32-12-20-5-3-2-4-6-20/h2-11,14-18,32,36H,12-13H2,1H3,(H,35,37,38). The molecule has 6 heterocycles. The van der Waals surface area contributed by atoms with Gasteiger partial charge in [-0.3, -0.25) is 15.1 Å². The van der Waals surface area contributed by atoms with E-state index < -0.39 is 0 Å². The number of aromatic amines is 2. The predicted molar refractivity (Wildman–Crippen MR) is 157 cm³/mol. The maximum absolute atomic E-state index is 4.65. The highest BCUT2D eigenvalue weighted by Gasteiger charge is 2.15. The highest BCUT2D eigenvalue weighted by Crippen LogP contribution is 2.36. The highest BCUT2D eigenvalue weighted by atomic mass is 32.1. The van der Waals surface area contributed by atoms with E-state index in [-0.39, 0.29) is 0 Å². The third-order valence-corrected chi connectivity index (χ3v) is 7.89. The van der Waals surface area contributed by atoms with Crippen LogP contribution in [0.15, 0.2) is 91.6 Å². The lowest BCUT2D eigenvalue weighted by Gasteiger charge is -2.07. The fraction of sp³-hybridized carbons (Fsp3) is 0.0968. The fourth-order valence-electron chi connectivity index (χ4n) is 4.91.